The zero-order valence-electron chi connectivity index (χ0n) is 43.6. The van der Waals surface area contributed by atoms with Gasteiger partial charge in [-0.15, -0.1) is 0 Å². The van der Waals surface area contributed by atoms with Crippen LogP contribution >= 0.6 is 0 Å². The number of carbonyl (C=O) groups excluding carboxylic acids is 1. The van der Waals surface area contributed by atoms with E-state index in [1.807, 2.05) is 5.57 Å². The van der Waals surface area contributed by atoms with E-state index >= 15 is 0 Å². The first kappa shape index (κ1) is 52.2. The number of allylic oxidation sites excluding steroid dienone is 2. The summed E-state index contributed by atoms with van der Waals surface area (Å²) in [6.07, 6.45) is 54.7. The molecule has 0 aromatic heterocycles. The molecule has 62 heavy (non-hydrogen) atoms. The van der Waals surface area contributed by atoms with Crippen molar-refractivity contribution in [3.8, 4) is 0 Å². The highest BCUT2D eigenvalue weighted by atomic mass is 16.5. The van der Waals surface area contributed by atoms with E-state index in [4.69, 9.17) is 4.74 Å². The van der Waals surface area contributed by atoms with Crippen molar-refractivity contribution >= 4 is 5.97 Å². The predicted molar refractivity (Wildman–Crippen MR) is 270 cm³/mol. The average Bonchev–Trinajstić information content (AvgIpc) is 3.22. The number of hydrogen-bond acceptors (Lipinski definition) is 2. The minimum atomic E-state index is 0.0267. The van der Waals surface area contributed by atoms with Crippen LogP contribution in [-0.4, -0.2) is 12.1 Å². The molecule has 5 aliphatic rings. The van der Waals surface area contributed by atoms with Crippen LogP contribution in [0.5, 0.6) is 0 Å². The summed E-state index contributed by atoms with van der Waals surface area (Å²) in [5.74, 6) is 2.18. The van der Waals surface area contributed by atoms with Gasteiger partial charge in [-0.2, -0.15) is 0 Å². The molecule has 0 heterocycles. The van der Waals surface area contributed by atoms with Crippen LogP contribution in [0.1, 0.15) is 306 Å². The predicted octanol–water partition coefficient (Wildman–Crippen LogP) is 19.7. The minimum Gasteiger partial charge on any atom is -0.462 e. The van der Waals surface area contributed by atoms with Gasteiger partial charge >= 0.3 is 5.97 Å². The van der Waals surface area contributed by atoms with Crippen LogP contribution in [0.15, 0.2) is 11.6 Å². The van der Waals surface area contributed by atoms with Gasteiger partial charge in [-0.05, 0) is 115 Å². The van der Waals surface area contributed by atoms with E-state index in [-0.39, 0.29) is 17.5 Å². The molecule has 360 valence electrons. The quantitative estimate of drug-likeness (QED) is 0.0425. The van der Waals surface area contributed by atoms with Crippen molar-refractivity contribution in [2.45, 2.75) is 312 Å². The molecule has 5 aliphatic carbocycles. The number of esters is 1. The van der Waals surface area contributed by atoms with Crippen LogP contribution in [0, 0.1) is 50.2 Å². The van der Waals surface area contributed by atoms with Gasteiger partial charge in [0.1, 0.15) is 6.10 Å². The molecule has 0 aliphatic heterocycles. The standard InChI is InChI=1S/C60H108O2/c1-10-11-12-13-14-15-16-17-18-19-20-21-22-23-24-25-26-27-28-29-30-31-32-33-34-35-36-37-54(61)62-53-41-42-58(7)51(56(53,4)5)40-43-60(9)52(58)39-38-49-50-48-55(2,3)44-45-57(50,6)46-47-59(49,60)8/h38,50-53H,10-37,39-48H2,1-9H3/t50-,51-,52+,53-,57+,58-,59+,60+/m0/s1. The molecule has 4 fully saturated rings. The first-order valence-corrected chi connectivity index (χ1v) is 28.5. The van der Waals surface area contributed by atoms with Crippen molar-refractivity contribution in [1.82, 2.24) is 0 Å². The second kappa shape index (κ2) is 24.3. The molecule has 0 amide bonds. The van der Waals surface area contributed by atoms with Crippen molar-refractivity contribution in [1.29, 1.82) is 0 Å². The summed E-state index contributed by atoms with van der Waals surface area (Å²) in [7, 11) is 0. The Balaban J connectivity index is 0.870. The molecule has 0 aromatic carbocycles. The largest absolute Gasteiger partial charge is 0.462 e. The Morgan fingerprint density at radius 1 is 0.532 bits per heavy atom. The number of carbonyl (C=O) groups is 1. The lowest BCUT2D eigenvalue weighted by Crippen LogP contribution is -2.64. The van der Waals surface area contributed by atoms with E-state index in [0.717, 1.165) is 24.7 Å². The molecule has 0 radical (unpaired) electrons. The highest BCUT2D eigenvalue weighted by molar-refractivity contribution is 5.69. The van der Waals surface area contributed by atoms with Crippen LogP contribution in [0.25, 0.3) is 0 Å². The zero-order chi connectivity index (χ0) is 44.7. The molecule has 4 saturated carbocycles. The summed E-state index contributed by atoms with van der Waals surface area (Å²) >= 11 is 0. The van der Waals surface area contributed by atoms with Gasteiger partial charge in [0.15, 0.2) is 0 Å². The van der Waals surface area contributed by atoms with Crippen molar-refractivity contribution in [2.75, 3.05) is 0 Å². The van der Waals surface area contributed by atoms with Crippen molar-refractivity contribution in [3.63, 3.8) is 0 Å². The maximum Gasteiger partial charge on any atom is 0.306 e. The summed E-state index contributed by atoms with van der Waals surface area (Å²) in [4.78, 5) is 13.3. The highest BCUT2D eigenvalue weighted by Gasteiger charge is 2.68. The molecule has 0 bridgehead atoms. The van der Waals surface area contributed by atoms with Crippen molar-refractivity contribution in [3.05, 3.63) is 11.6 Å². The molecule has 2 heteroatoms. The Morgan fingerprint density at radius 3 is 1.47 bits per heavy atom. The van der Waals surface area contributed by atoms with E-state index in [1.54, 1.807) is 0 Å². The van der Waals surface area contributed by atoms with E-state index < -0.39 is 0 Å². The smallest absolute Gasteiger partial charge is 0.306 e. The van der Waals surface area contributed by atoms with Gasteiger partial charge in [-0.1, -0.05) is 241 Å². The first-order chi connectivity index (χ1) is 29.6. The summed E-state index contributed by atoms with van der Waals surface area (Å²) in [6.45, 7) is 23.1. The van der Waals surface area contributed by atoms with Gasteiger partial charge < -0.3 is 4.74 Å². The fraction of sp³-hybridized carbons (Fsp3) is 0.950. The third-order valence-electron chi connectivity index (χ3n) is 20.3. The lowest BCUT2D eigenvalue weighted by molar-refractivity contribution is -0.212. The Morgan fingerprint density at radius 2 is 0.984 bits per heavy atom. The van der Waals surface area contributed by atoms with Crippen LogP contribution in [0.3, 0.4) is 0 Å². The Labute approximate surface area is 388 Å². The van der Waals surface area contributed by atoms with Crippen molar-refractivity contribution in [2.24, 2.45) is 50.2 Å². The summed E-state index contributed by atoms with van der Waals surface area (Å²) in [6, 6.07) is 0. The van der Waals surface area contributed by atoms with Gasteiger partial charge in [0.05, 0.1) is 0 Å². The molecule has 0 aromatic rings. The monoisotopic (exact) mass is 861 g/mol. The molecule has 0 N–H and O–H groups in total. The van der Waals surface area contributed by atoms with Crippen LogP contribution in [0.4, 0.5) is 0 Å². The van der Waals surface area contributed by atoms with Gasteiger partial charge in [0.25, 0.3) is 0 Å². The third-order valence-corrected chi connectivity index (χ3v) is 20.3. The number of hydrogen-bond donors (Lipinski definition) is 0. The van der Waals surface area contributed by atoms with Crippen LogP contribution < -0.4 is 0 Å². The maximum atomic E-state index is 13.3. The van der Waals surface area contributed by atoms with Gasteiger partial charge in [-0.3, -0.25) is 4.79 Å². The summed E-state index contributed by atoms with van der Waals surface area (Å²) in [5, 5.41) is 0. The summed E-state index contributed by atoms with van der Waals surface area (Å²) < 4.78 is 6.47. The van der Waals surface area contributed by atoms with E-state index in [9.17, 15) is 4.79 Å². The normalized spacial score (nSPS) is 33.5. The highest BCUT2D eigenvalue weighted by Crippen LogP contribution is 2.75. The number of rotatable bonds is 29. The first-order valence-electron chi connectivity index (χ1n) is 28.5. The third kappa shape index (κ3) is 13.2. The molecule has 8 atom stereocenters. The van der Waals surface area contributed by atoms with Crippen LogP contribution in [0.2, 0.25) is 0 Å². The second-order valence-corrected chi connectivity index (χ2v) is 25.7. The SMILES string of the molecule is CCCCCCCCCCCCCCCCCCCCCCCCCCCCCC(=O)O[C@H]1CC[C@]2(C)[C@H]3CC=C4[C@@H]5CC(C)(C)CC[C@]5(C)CC[C@@]4(C)[C@]3(C)CC[C@H]2C1(C)C. The van der Waals surface area contributed by atoms with Gasteiger partial charge in [0, 0.05) is 11.8 Å². The van der Waals surface area contributed by atoms with Crippen LogP contribution in [-0.2, 0) is 9.53 Å². The van der Waals surface area contributed by atoms with Crippen molar-refractivity contribution < 1.29 is 9.53 Å². The second-order valence-electron chi connectivity index (χ2n) is 25.7. The lowest BCUT2D eigenvalue weighted by atomic mass is 9.33. The van der Waals surface area contributed by atoms with Gasteiger partial charge in [0.2, 0.25) is 0 Å². The van der Waals surface area contributed by atoms with E-state index in [0.29, 0.717) is 39.4 Å². The molecular weight excluding hydrogens is 753 g/mol. The lowest BCUT2D eigenvalue weighted by Gasteiger charge is -2.71. The molecular formula is C60H108O2. The average molecular weight is 862 g/mol. The number of ether oxygens (including phenoxy) is 1. The molecule has 0 saturated heterocycles. The summed E-state index contributed by atoms with van der Waals surface area (Å²) in [5.41, 5.74) is 3.85. The minimum absolute atomic E-state index is 0.0267. The molecule has 0 unspecified atom stereocenters. The Bertz CT molecular complexity index is 1340. The van der Waals surface area contributed by atoms with E-state index in [1.165, 1.54) is 225 Å². The van der Waals surface area contributed by atoms with Gasteiger partial charge in [-0.25, -0.2) is 0 Å². The fourth-order valence-electron chi connectivity index (χ4n) is 15.7. The fourth-order valence-corrected chi connectivity index (χ4v) is 15.7. The van der Waals surface area contributed by atoms with E-state index in [2.05, 4.69) is 68.4 Å². The molecule has 5 rings (SSSR count). The Kier molecular flexibility index (Phi) is 20.4. The number of unbranched alkanes of at least 4 members (excludes halogenated alkanes) is 26. The topological polar surface area (TPSA) is 26.3 Å². The molecule has 2 nitrogen and oxygen atoms in total. The molecule has 0 spiro atoms. The zero-order valence-corrected chi connectivity index (χ0v) is 43.6. The maximum absolute atomic E-state index is 13.3. The Hall–Kier alpha value is -0.790. The number of fused-ring (bicyclic) bond motifs is 7.